The summed E-state index contributed by atoms with van der Waals surface area (Å²) in [6, 6.07) is 8.80. The fourth-order valence-electron chi connectivity index (χ4n) is 4.80. The van der Waals surface area contributed by atoms with Crippen molar-refractivity contribution in [3.8, 4) is 0 Å². The molecule has 2 aliphatic heterocycles. The number of hydrogen-bond donors (Lipinski definition) is 3. The third-order valence-corrected chi connectivity index (χ3v) is 7.56. The Hall–Kier alpha value is -2.82. The summed E-state index contributed by atoms with van der Waals surface area (Å²) in [5.41, 5.74) is 3.53. The first-order chi connectivity index (χ1) is 16.6. The minimum absolute atomic E-state index is 0.133. The number of benzene rings is 1. The molecule has 1 saturated heterocycles. The fraction of sp³-hybridized carbons (Fsp3) is 0.500. The maximum absolute atomic E-state index is 11.6. The maximum atomic E-state index is 11.6. The number of anilines is 2. The number of carbonyl (C=O) groups is 1. The number of nitrogens with one attached hydrogen (secondary N) is 2. The zero-order valence-corrected chi connectivity index (χ0v) is 20.2. The maximum Gasteiger partial charge on any atom is 0.219 e. The molecular formula is C24H31N7O2S. The lowest BCUT2D eigenvalue weighted by atomic mass is 10.00. The van der Waals surface area contributed by atoms with Crippen molar-refractivity contribution in [2.24, 2.45) is 0 Å². The third kappa shape index (κ3) is 5.13. The number of β-amino-alcohol motifs (C(OH)–C–C–N with tert-alkyl or cyclic N) is 1. The van der Waals surface area contributed by atoms with Gasteiger partial charge in [0.25, 0.3) is 0 Å². The van der Waals surface area contributed by atoms with Crippen LogP contribution < -0.4 is 10.6 Å². The van der Waals surface area contributed by atoms with Crippen LogP contribution in [0.25, 0.3) is 10.2 Å². The zero-order chi connectivity index (χ0) is 23.5. The molecule has 0 unspecified atom stereocenters. The van der Waals surface area contributed by atoms with Crippen LogP contribution >= 0.6 is 11.5 Å². The van der Waals surface area contributed by atoms with E-state index in [1.807, 2.05) is 4.90 Å². The first-order valence-corrected chi connectivity index (χ1v) is 12.7. The van der Waals surface area contributed by atoms with Gasteiger partial charge in [-0.05, 0) is 41.9 Å². The highest BCUT2D eigenvalue weighted by Crippen LogP contribution is 2.30. The Morgan fingerprint density at radius 2 is 1.97 bits per heavy atom. The number of aromatic nitrogens is 3. The van der Waals surface area contributed by atoms with Gasteiger partial charge in [0.2, 0.25) is 5.91 Å². The van der Waals surface area contributed by atoms with E-state index in [1.54, 1.807) is 13.3 Å². The van der Waals surface area contributed by atoms with Crippen LogP contribution in [0.4, 0.5) is 11.6 Å². The van der Waals surface area contributed by atoms with Crippen molar-refractivity contribution in [1.29, 1.82) is 0 Å². The van der Waals surface area contributed by atoms with Gasteiger partial charge in [0.1, 0.15) is 22.4 Å². The van der Waals surface area contributed by atoms with Gasteiger partial charge in [0.05, 0.1) is 6.10 Å². The normalized spacial score (nSPS) is 18.0. The summed E-state index contributed by atoms with van der Waals surface area (Å²) < 4.78 is 5.45. The van der Waals surface area contributed by atoms with Gasteiger partial charge < -0.3 is 20.6 Å². The van der Waals surface area contributed by atoms with Crippen LogP contribution in [0.15, 0.2) is 30.6 Å². The van der Waals surface area contributed by atoms with Crippen LogP contribution in [-0.4, -0.2) is 80.0 Å². The lowest BCUT2D eigenvalue weighted by Gasteiger charge is -2.31. The Bertz CT molecular complexity index is 1150. The van der Waals surface area contributed by atoms with Gasteiger partial charge in [0, 0.05) is 52.2 Å². The van der Waals surface area contributed by atoms with Crippen LogP contribution in [0, 0.1) is 0 Å². The van der Waals surface area contributed by atoms with Crippen LogP contribution in [0.1, 0.15) is 30.9 Å². The van der Waals surface area contributed by atoms with Gasteiger partial charge in [-0.25, -0.2) is 9.97 Å². The molecule has 0 saturated carbocycles. The van der Waals surface area contributed by atoms with E-state index in [-0.39, 0.29) is 11.9 Å². The summed E-state index contributed by atoms with van der Waals surface area (Å²) in [7, 11) is 0. The quantitative estimate of drug-likeness (QED) is 0.472. The first kappa shape index (κ1) is 22.9. The number of hydrogen-bond acceptors (Lipinski definition) is 9. The number of rotatable bonds is 7. The highest BCUT2D eigenvalue weighted by molar-refractivity contribution is 7.14. The zero-order valence-electron chi connectivity index (χ0n) is 19.4. The summed E-state index contributed by atoms with van der Waals surface area (Å²) in [6.07, 6.45) is 3.85. The van der Waals surface area contributed by atoms with Crippen molar-refractivity contribution in [1.82, 2.24) is 24.1 Å². The SMILES string of the molecule is CC(=O)N1CCC(Nc2ncnc3c(NC[C@@H](O)CN4CCc5ccccc5C4)nsc23)CC1. The number of aliphatic hydroxyl groups is 1. The molecule has 3 N–H and O–H groups in total. The van der Waals surface area contributed by atoms with Gasteiger partial charge in [-0.1, -0.05) is 24.3 Å². The number of amides is 1. The lowest BCUT2D eigenvalue weighted by molar-refractivity contribution is -0.129. The number of fused-ring (bicyclic) bond motifs is 2. The highest BCUT2D eigenvalue weighted by atomic mass is 32.1. The molecule has 34 heavy (non-hydrogen) atoms. The second kappa shape index (κ2) is 10.2. The van der Waals surface area contributed by atoms with Gasteiger partial charge in [-0.2, -0.15) is 4.37 Å². The van der Waals surface area contributed by atoms with Gasteiger partial charge in [-0.15, -0.1) is 0 Å². The standard InChI is InChI=1S/C24H31N7O2S/c1-16(32)31-10-7-19(8-11-31)28-24-22-21(26-15-27-24)23(29-34-22)25-12-20(33)14-30-9-6-17-4-2-3-5-18(17)13-30/h2-5,15,19-20,33H,6-14H2,1H3,(H,25,29)(H,26,27,28)/t20-/m1/s1. The average Bonchev–Trinajstić information content (AvgIpc) is 3.27. The van der Waals surface area contributed by atoms with Crippen molar-refractivity contribution < 1.29 is 9.90 Å². The van der Waals surface area contributed by atoms with Gasteiger partial charge in [0.15, 0.2) is 5.82 Å². The molecule has 1 atom stereocenters. The third-order valence-electron chi connectivity index (χ3n) is 6.72. The molecular weight excluding hydrogens is 450 g/mol. The predicted molar refractivity (Wildman–Crippen MR) is 134 cm³/mol. The summed E-state index contributed by atoms with van der Waals surface area (Å²) in [5.74, 6) is 1.59. The molecule has 180 valence electrons. The molecule has 2 aliphatic rings. The Labute approximate surface area is 203 Å². The van der Waals surface area contributed by atoms with Crippen LogP contribution in [0.3, 0.4) is 0 Å². The minimum atomic E-state index is -0.507. The summed E-state index contributed by atoms with van der Waals surface area (Å²) in [5, 5.41) is 17.5. The van der Waals surface area contributed by atoms with Crippen LogP contribution in [0.5, 0.6) is 0 Å². The number of nitrogens with zero attached hydrogens (tertiary/aromatic N) is 5. The van der Waals surface area contributed by atoms with Gasteiger partial charge >= 0.3 is 0 Å². The lowest BCUT2D eigenvalue weighted by Crippen LogP contribution is -2.41. The second-order valence-corrected chi connectivity index (χ2v) is 9.92. The minimum Gasteiger partial charge on any atom is -0.390 e. The molecule has 0 radical (unpaired) electrons. The molecule has 1 fully saturated rings. The van der Waals surface area contributed by atoms with E-state index in [1.165, 1.54) is 22.7 Å². The fourth-order valence-corrected chi connectivity index (χ4v) is 5.57. The molecule has 4 heterocycles. The number of likely N-dealkylation sites (tertiary alicyclic amines) is 1. The predicted octanol–water partition coefficient (Wildman–Crippen LogP) is 2.34. The Kier molecular flexibility index (Phi) is 6.89. The summed E-state index contributed by atoms with van der Waals surface area (Å²) in [6.45, 7) is 6.00. The number of carbonyl (C=O) groups excluding carboxylic acids is 1. The van der Waals surface area contributed by atoms with Crippen molar-refractivity contribution >= 4 is 39.3 Å². The molecule has 5 rings (SSSR count). The highest BCUT2D eigenvalue weighted by Gasteiger charge is 2.23. The largest absolute Gasteiger partial charge is 0.390 e. The summed E-state index contributed by atoms with van der Waals surface area (Å²) in [4.78, 5) is 24.6. The van der Waals surface area contributed by atoms with E-state index in [0.29, 0.717) is 18.9 Å². The van der Waals surface area contributed by atoms with E-state index < -0.39 is 6.10 Å². The summed E-state index contributed by atoms with van der Waals surface area (Å²) >= 11 is 1.36. The second-order valence-electron chi connectivity index (χ2n) is 9.14. The Balaban J connectivity index is 1.16. The van der Waals surface area contributed by atoms with Crippen LogP contribution in [0.2, 0.25) is 0 Å². The first-order valence-electron chi connectivity index (χ1n) is 11.9. The molecule has 2 aromatic heterocycles. The smallest absolute Gasteiger partial charge is 0.219 e. The van der Waals surface area contributed by atoms with E-state index in [0.717, 1.165) is 61.5 Å². The van der Waals surface area contributed by atoms with Crippen molar-refractivity contribution in [3.05, 3.63) is 41.7 Å². The molecule has 9 nitrogen and oxygen atoms in total. The molecule has 0 bridgehead atoms. The molecule has 0 aliphatic carbocycles. The van der Waals surface area contributed by atoms with E-state index in [2.05, 4.69) is 54.1 Å². The van der Waals surface area contributed by atoms with Crippen molar-refractivity contribution in [2.45, 2.75) is 44.9 Å². The molecule has 0 spiro atoms. The number of piperidine rings is 1. The molecule has 1 aromatic carbocycles. The number of aliphatic hydroxyl groups excluding tert-OH is 1. The van der Waals surface area contributed by atoms with E-state index in [9.17, 15) is 9.90 Å². The molecule has 10 heteroatoms. The molecule has 3 aromatic rings. The topological polar surface area (TPSA) is 107 Å². The van der Waals surface area contributed by atoms with Crippen molar-refractivity contribution in [2.75, 3.05) is 43.4 Å². The Morgan fingerprint density at radius 1 is 1.18 bits per heavy atom. The Morgan fingerprint density at radius 3 is 2.76 bits per heavy atom. The van der Waals surface area contributed by atoms with Crippen LogP contribution in [-0.2, 0) is 17.8 Å². The van der Waals surface area contributed by atoms with Gasteiger partial charge in [-0.3, -0.25) is 9.69 Å². The van der Waals surface area contributed by atoms with E-state index in [4.69, 9.17) is 0 Å². The average molecular weight is 482 g/mol. The van der Waals surface area contributed by atoms with E-state index >= 15 is 0 Å². The molecule has 1 amide bonds. The van der Waals surface area contributed by atoms with Crippen molar-refractivity contribution in [3.63, 3.8) is 0 Å². The monoisotopic (exact) mass is 481 g/mol.